The summed E-state index contributed by atoms with van der Waals surface area (Å²) in [4.78, 5) is 41.6. The zero-order chi connectivity index (χ0) is 18.7. The number of fused-ring (bicyclic) bond motifs is 1. The predicted octanol–water partition coefficient (Wildman–Crippen LogP) is -0.211. The number of hydrogen-bond donors (Lipinski definition) is 1. The van der Waals surface area contributed by atoms with E-state index in [1.54, 1.807) is 13.0 Å². The summed E-state index contributed by atoms with van der Waals surface area (Å²) in [5.74, 6) is -0.0764. The molecule has 1 amide bonds. The van der Waals surface area contributed by atoms with Crippen molar-refractivity contribution in [2.24, 2.45) is 7.05 Å². The summed E-state index contributed by atoms with van der Waals surface area (Å²) >= 11 is 0. The Hall–Kier alpha value is -2.68. The van der Waals surface area contributed by atoms with Crippen LogP contribution in [0.5, 0.6) is 5.75 Å². The van der Waals surface area contributed by atoms with Gasteiger partial charge in [-0.05, 0) is 25.8 Å². The van der Waals surface area contributed by atoms with Crippen molar-refractivity contribution in [2.45, 2.75) is 32.4 Å². The maximum atomic E-state index is 12.8. The Labute approximate surface area is 149 Å². The lowest BCUT2D eigenvalue weighted by atomic mass is 10.2. The summed E-state index contributed by atoms with van der Waals surface area (Å²) < 4.78 is 13.1. The third-order valence-corrected chi connectivity index (χ3v) is 4.34. The molecule has 1 aliphatic heterocycles. The molecule has 3 rings (SSSR count). The summed E-state index contributed by atoms with van der Waals surface area (Å²) in [6.45, 7) is 2.86. The van der Waals surface area contributed by atoms with Gasteiger partial charge in [-0.2, -0.15) is 0 Å². The van der Waals surface area contributed by atoms with Gasteiger partial charge in [0.1, 0.15) is 17.7 Å². The highest BCUT2D eigenvalue weighted by atomic mass is 16.5. The first-order valence-corrected chi connectivity index (χ1v) is 8.62. The average molecular weight is 362 g/mol. The number of ether oxygens (including phenoxy) is 2. The summed E-state index contributed by atoms with van der Waals surface area (Å²) in [7, 11) is 1.51. The van der Waals surface area contributed by atoms with Gasteiger partial charge in [-0.3, -0.25) is 14.2 Å². The number of nitrogens with zero attached hydrogens (tertiary/aromatic N) is 3. The van der Waals surface area contributed by atoms with Gasteiger partial charge in [0.05, 0.1) is 12.7 Å². The monoisotopic (exact) mass is 362 g/mol. The van der Waals surface area contributed by atoms with Gasteiger partial charge in [0.25, 0.3) is 5.56 Å². The second-order valence-electron chi connectivity index (χ2n) is 6.11. The predicted molar refractivity (Wildman–Crippen MR) is 94.4 cm³/mol. The average Bonchev–Trinajstić information content (AvgIpc) is 3.15. The minimum absolute atomic E-state index is 0.0103. The number of aromatic nitrogens is 3. The lowest BCUT2D eigenvalue weighted by Crippen LogP contribution is -2.44. The van der Waals surface area contributed by atoms with Crippen LogP contribution < -0.4 is 21.3 Å². The maximum absolute atomic E-state index is 12.8. The highest BCUT2D eigenvalue weighted by Gasteiger charge is 2.19. The lowest BCUT2D eigenvalue weighted by molar-refractivity contribution is -0.122. The molecule has 0 aromatic carbocycles. The first-order chi connectivity index (χ1) is 12.5. The van der Waals surface area contributed by atoms with E-state index in [2.05, 4.69) is 10.3 Å². The molecular formula is C17H22N4O5. The Bertz CT molecular complexity index is 927. The molecule has 0 saturated carbocycles. The molecule has 0 spiro atoms. The molecule has 2 aromatic rings. The fourth-order valence-electron chi connectivity index (χ4n) is 3.03. The normalized spacial score (nSPS) is 16.8. The van der Waals surface area contributed by atoms with Gasteiger partial charge in [0.15, 0.2) is 5.65 Å². The Morgan fingerprint density at radius 2 is 2.27 bits per heavy atom. The molecule has 1 fully saturated rings. The van der Waals surface area contributed by atoms with Crippen LogP contribution >= 0.6 is 0 Å². The van der Waals surface area contributed by atoms with Crippen LogP contribution in [0.4, 0.5) is 0 Å². The van der Waals surface area contributed by atoms with E-state index in [1.165, 1.54) is 17.8 Å². The molecule has 140 valence electrons. The summed E-state index contributed by atoms with van der Waals surface area (Å²) in [5, 5.41) is 2.90. The van der Waals surface area contributed by atoms with Crippen LogP contribution in [0.15, 0.2) is 21.9 Å². The van der Waals surface area contributed by atoms with E-state index in [0.29, 0.717) is 25.5 Å². The van der Waals surface area contributed by atoms with Crippen molar-refractivity contribution < 1.29 is 14.3 Å². The van der Waals surface area contributed by atoms with Crippen LogP contribution in [0.2, 0.25) is 0 Å². The molecule has 1 atom stereocenters. The Morgan fingerprint density at radius 1 is 1.46 bits per heavy atom. The van der Waals surface area contributed by atoms with Crippen LogP contribution in [-0.4, -0.2) is 45.9 Å². The second kappa shape index (κ2) is 7.69. The minimum Gasteiger partial charge on any atom is -0.493 e. The van der Waals surface area contributed by atoms with Gasteiger partial charge in [0, 0.05) is 26.4 Å². The zero-order valence-electron chi connectivity index (χ0n) is 14.9. The van der Waals surface area contributed by atoms with Crippen molar-refractivity contribution in [1.82, 2.24) is 19.4 Å². The van der Waals surface area contributed by atoms with Crippen LogP contribution in [-0.2, 0) is 23.1 Å². The fraction of sp³-hybridized carbons (Fsp3) is 0.529. The third kappa shape index (κ3) is 3.48. The molecular weight excluding hydrogens is 340 g/mol. The van der Waals surface area contributed by atoms with Gasteiger partial charge in [-0.1, -0.05) is 0 Å². The summed E-state index contributed by atoms with van der Waals surface area (Å²) in [6, 6.07) is 1.57. The van der Waals surface area contributed by atoms with E-state index in [4.69, 9.17) is 9.47 Å². The van der Waals surface area contributed by atoms with Gasteiger partial charge in [-0.15, -0.1) is 0 Å². The van der Waals surface area contributed by atoms with Gasteiger partial charge in [-0.25, -0.2) is 14.3 Å². The second-order valence-corrected chi connectivity index (χ2v) is 6.11. The molecule has 1 saturated heterocycles. The number of aryl methyl sites for hydroxylation is 1. The highest BCUT2D eigenvalue weighted by molar-refractivity contribution is 5.81. The van der Waals surface area contributed by atoms with E-state index in [1.807, 2.05) is 0 Å². The van der Waals surface area contributed by atoms with E-state index in [9.17, 15) is 14.4 Å². The molecule has 26 heavy (non-hydrogen) atoms. The van der Waals surface area contributed by atoms with Crippen molar-refractivity contribution in [3.8, 4) is 5.75 Å². The number of hydrogen-bond acceptors (Lipinski definition) is 6. The molecule has 0 aliphatic carbocycles. The van der Waals surface area contributed by atoms with Crippen LogP contribution in [0.3, 0.4) is 0 Å². The number of pyridine rings is 1. The third-order valence-electron chi connectivity index (χ3n) is 4.34. The first kappa shape index (κ1) is 18.1. The van der Waals surface area contributed by atoms with Gasteiger partial charge in [0.2, 0.25) is 5.91 Å². The number of carbonyl (C=O) groups is 1. The fourth-order valence-corrected chi connectivity index (χ4v) is 3.03. The highest BCUT2D eigenvalue weighted by Crippen LogP contribution is 2.18. The first-order valence-electron chi connectivity index (χ1n) is 8.62. The zero-order valence-corrected chi connectivity index (χ0v) is 14.9. The van der Waals surface area contributed by atoms with Crippen LogP contribution in [0, 0.1) is 0 Å². The Morgan fingerprint density at radius 3 is 2.96 bits per heavy atom. The van der Waals surface area contributed by atoms with Crippen molar-refractivity contribution >= 4 is 16.9 Å². The molecule has 0 unspecified atom stereocenters. The van der Waals surface area contributed by atoms with Crippen LogP contribution in [0.1, 0.15) is 19.8 Å². The molecule has 2 aromatic heterocycles. The molecule has 9 heteroatoms. The minimum atomic E-state index is -0.601. The summed E-state index contributed by atoms with van der Waals surface area (Å²) in [6.07, 6.45) is 3.33. The smallest absolute Gasteiger partial charge is 0.332 e. The Kier molecular flexibility index (Phi) is 5.36. The van der Waals surface area contributed by atoms with E-state index < -0.39 is 17.2 Å². The van der Waals surface area contributed by atoms with Crippen molar-refractivity contribution in [2.75, 3.05) is 19.8 Å². The standard InChI is InChI=1S/C17H22N4O5/c1-3-25-12-6-7-18-15-14(12)16(23)21(17(24)20(15)2)10-13(22)19-9-11-5-4-8-26-11/h6-7,11H,3-5,8-10H2,1-2H3,(H,19,22)/t11-/m0/s1. The van der Waals surface area contributed by atoms with Crippen molar-refractivity contribution in [1.29, 1.82) is 0 Å². The quantitative estimate of drug-likeness (QED) is 0.762. The molecule has 1 N–H and O–H groups in total. The molecule has 9 nitrogen and oxygen atoms in total. The van der Waals surface area contributed by atoms with Gasteiger partial charge < -0.3 is 14.8 Å². The molecule has 3 heterocycles. The molecule has 0 bridgehead atoms. The lowest BCUT2D eigenvalue weighted by Gasteiger charge is -2.14. The molecule has 0 radical (unpaired) electrons. The largest absolute Gasteiger partial charge is 0.493 e. The number of nitrogens with one attached hydrogen (secondary N) is 1. The maximum Gasteiger partial charge on any atom is 0.332 e. The van der Waals surface area contributed by atoms with Crippen molar-refractivity contribution in [3.05, 3.63) is 33.1 Å². The van der Waals surface area contributed by atoms with Crippen LogP contribution in [0.25, 0.3) is 11.0 Å². The number of rotatable bonds is 6. The summed E-state index contributed by atoms with van der Waals surface area (Å²) in [5.41, 5.74) is -0.968. The Balaban J connectivity index is 1.92. The van der Waals surface area contributed by atoms with E-state index >= 15 is 0 Å². The van der Waals surface area contributed by atoms with Crippen molar-refractivity contribution in [3.63, 3.8) is 0 Å². The van der Waals surface area contributed by atoms with Gasteiger partial charge >= 0.3 is 5.69 Å². The molecule has 1 aliphatic rings. The number of carbonyl (C=O) groups excluding carboxylic acids is 1. The van der Waals surface area contributed by atoms with E-state index in [0.717, 1.165) is 17.4 Å². The van der Waals surface area contributed by atoms with E-state index in [-0.39, 0.29) is 23.7 Å². The SMILES string of the molecule is CCOc1ccnc2c1c(=O)n(CC(=O)NC[C@@H]1CCCO1)c(=O)n2C. The number of amides is 1. The topological polar surface area (TPSA) is 104 Å².